The van der Waals surface area contributed by atoms with Crippen LogP contribution in [0.2, 0.25) is 10.0 Å². The zero-order valence-electron chi connectivity index (χ0n) is 14.3. The van der Waals surface area contributed by atoms with Crippen molar-refractivity contribution >= 4 is 63.6 Å². The Balaban J connectivity index is 2.16. The van der Waals surface area contributed by atoms with Crippen LogP contribution in [0, 0.1) is 0 Å². The zero-order chi connectivity index (χ0) is 19.8. The van der Waals surface area contributed by atoms with Crippen LogP contribution in [0.15, 0.2) is 60.6 Å². The van der Waals surface area contributed by atoms with Crippen LogP contribution in [-0.4, -0.2) is 17.5 Å². The summed E-state index contributed by atoms with van der Waals surface area (Å²) in [5.41, 5.74) is -0.399. The molecule has 1 aromatic heterocycles. The number of benzene rings is 2. The van der Waals surface area contributed by atoms with E-state index in [1.165, 1.54) is 29.1 Å². The van der Waals surface area contributed by atoms with Crippen LogP contribution in [0.25, 0.3) is 10.1 Å². The molecule has 140 valence electrons. The number of fused-ring (bicyclic) bond motifs is 1. The molecule has 2 atom stereocenters. The second-order valence-corrected chi connectivity index (χ2v) is 10.2. The first-order valence-electron chi connectivity index (χ1n) is 7.90. The van der Waals surface area contributed by atoms with Crippen molar-refractivity contribution in [3.05, 3.63) is 76.2 Å². The maximum absolute atomic E-state index is 13.3. The SMILES string of the molecule is C=CN(C(=O)C(c1csc2ccc(Cl)cc12)P(C)(=O)O)c1ccccc1Cl. The van der Waals surface area contributed by atoms with Crippen molar-refractivity contribution < 1.29 is 14.3 Å². The third-order valence-electron chi connectivity index (χ3n) is 4.11. The average Bonchev–Trinajstić information content (AvgIpc) is 2.99. The van der Waals surface area contributed by atoms with Gasteiger partial charge in [-0.3, -0.25) is 14.3 Å². The molecule has 1 amide bonds. The molecule has 0 aliphatic carbocycles. The molecule has 0 fully saturated rings. The molecule has 8 heteroatoms. The van der Waals surface area contributed by atoms with E-state index in [-0.39, 0.29) is 0 Å². The summed E-state index contributed by atoms with van der Waals surface area (Å²) in [6, 6.07) is 12.0. The molecule has 1 N–H and O–H groups in total. The number of carbonyl (C=O) groups excluding carboxylic acids is 1. The van der Waals surface area contributed by atoms with Gasteiger partial charge in [-0.15, -0.1) is 11.3 Å². The van der Waals surface area contributed by atoms with Gasteiger partial charge in [-0.25, -0.2) is 0 Å². The lowest BCUT2D eigenvalue weighted by Gasteiger charge is -2.26. The standard InChI is InChI=1S/C19H16Cl2NO3PS/c1-3-22(16-7-5-4-6-15(16)21)19(23)18(26(2,24)25)14-11-27-17-9-8-12(20)10-13(14)17/h3-11,18H,1H2,2H3,(H,24,25). The third kappa shape index (κ3) is 3.98. The average molecular weight is 440 g/mol. The number of nitrogens with zero attached hydrogens (tertiary/aromatic N) is 1. The number of amides is 1. The highest BCUT2D eigenvalue weighted by atomic mass is 35.5. The maximum Gasteiger partial charge on any atom is 0.248 e. The van der Waals surface area contributed by atoms with E-state index < -0.39 is 18.9 Å². The van der Waals surface area contributed by atoms with Gasteiger partial charge in [0, 0.05) is 22.6 Å². The normalized spacial score (nSPS) is 14.5. The van der Waals surface area contributed by atoms with E-state index in [0.29, 0.717) is 26.7 Å². The van der Waals surface area contributed by atoms with Gasteiger partial charge in [0.25, 0.3) is 0 Å². The molecule has 3 aromatic rings. The van der Waals surface area contributed by atoms with Crippen LogP contribution in [-0.2, 0) is 9.36 Å². The van der Waals surface area contributed by atoms with Crippen molar-refractivity contribution in [3.8, 4) is 0 Å². The molecule has 0 radical (unpaired) electrons. The Bertz CT molecular complexity index is 1080. The fourth-order valence-corrected chi connectivity index (χ4v) is 5.65. The Hall–Kier alpha value is -1.62. The van der Waals surface area contributed by atoms with Gasteiger partial charge in [0.2, 0.25) is 13.3 Å². The van der Waals surface area contributed by atoms with Gasteiger partial charge in [0.15, 0.2) is 0 Å². The van der Waals surface area contributed by atoms with Crippen LogP contribution < -0.4 is 4.90 Å². The van der Waals surface area contributed by atoms with Gasteiger partial charge in [0.1, 0.15) is 5.66 Å². The lowest BCUT2D eigenvalue weighted by molar-refractivity contribution is -0.117. The number of anilines is 1. The van der Waals surface area contributed by atoms with Gasteiger partial charge in [0.05, 0.1) is 10.7 Å². The van der Waals surface area contributed by atoms with E-state index in [1.807, 2.05) is 6.07 Å². The molecule has 2 unspecified atom stereocenters. The zero-order valence-corrected chi connectivity index (χ0v) is 17.5. The molecule has 0 aliphatic rings. The predicted molar refractivity (Wildman–Crippen MR) is 114 cm³/mol. The van der Waals surface area contributed by atoms with Gasteiger partial charge >= 0.3 is 0 Å². The second kappa shape index (κ2) is 7.78. The molecule has 1 heterocycles. The Morgan fingerprint density at radius 3 is 2.63 bits per heavy atom. The molecule has 0 bridgehead atoms. The van der Waals surface area contributed by atoms with Crippen molar-refractivity contribution in [3.63, 3.8) is 0 Å². The molecular weight excluding hydrogens is 424 g/mol. The lowest BCUT2D eigenvalue weighted by atomic mass is 10.1. The van der Waals surface area contributed by atoms with Gasteiger partial charge in [-0.2, -0.15) is 0 Å². The molecular formula is C19H16Cl2NO3PS. The van der Waals surface area contributed by atoms with Gasteiger partial charge in [-0.1, -0.05) is 41.9 Å². The van der Waals surface area contributed by atoms with E-state index in [1.54, 1.807) is 41.8 Å². The fourth-order valence-electron chi connectivity index (χ4n) is 2.91. The summed E-state index contributed by atoms with van der Waals surface area (Å²) in [5.74, 6) is -0.578. The number of hydrogen-bond donors (Lipinski definition) is 1. The number of carbonyl (C=O) groups is 1. The molecule has 2 aromatic carbocycles. The molecule has 0 aliphatic heterocycles. The summed E-state index contributed by atoms with van der Waals surface area (Å²) in [4.78, 5) is 25.0. The first kappa shape index (κ1) is 20.1. The number of hydrogen-bond acceptors (Lipinski definition) is 3. The summed E-state index contributed by atoms with van der Waals surface area (Å²) in [5, 5.41) is 3.24. The van der Waals surface area contributed by atoms with Crippen molar-refractivity contribution in [1.29, 1.82) is 0 Å². The first-order valence-corrected chi connectivity index (χ1v) is 11.7. The van der Waals surface area contributed by atoms with Gasteiger partial charge < -0.3 is 4.89 Å². The number of halogens is 2. The quantitative estimate of drug-likeness (QED) is 0.472. The lowest BCUT2D eigenvalue weighted by Crippen LogP contribution is -2.30. The summed E-state index contributed by atoms with van der Waals surface area (Å²) in [6.07, 6.45) is 1.30. The van der Waals surface area contributed by atoms with E-state index in [2.05, 4.69) is 6.58 Å². The minimum Gasteiger partial charge on any atom is -0.344 e. The minimum absolute atomic E-state index is 0.339. The maximum atomic E-state index is 13.3. The monoisotopic (exact) mass is 439 g/mol. The smallest absolute Gasteiger partial charge is 0.248 e. The van der Waals surface area contributed by atoms with E-state index in [0.717, 1.165) is 4.70 Å². The van der Waals surface area contributed by atoms with Gasteiger partial charge in [-0.05, 0) is 46.7 Å². The molecule has 0 saturated carbocycles. The molecule has 4 nitrogen and oxygen atoms in total. The van der Waals surface area contributed by atoms with Crippen LogP contribution in [0.1, 0.15) is 11.2 Å². The summed E-state index contributed by atoms with van der Waals surface area (Å²) in [6.45, 7) is 4.86. The highest BCUT2D eigenvalue weighted by Crippen LogP contribution is 2.56. The Kier molecular flexibility index (Phi) is 5.80. The molecule has 3 rings (SSSR count). The largest absolute Gasteiger partial charge is 0.344 e. The number of thiophene rings is 1. The first-order chi connectivity index (χ1) is 12.7. The fraction of sp³-hybridized carbons (Fsp3) is 0.105. The van der Waals surface area contributed by atoms with Crippen molar-refractivity contribution in [2.45, 2.75) is 5.66 Å². The number of rotatable bonds is 5. The predicted octanol–water partition coefficient (Wildman–Crippen LogP) is 6.33. The molecule has 0 spiro atoms. The summed E-state index contributed by atoms with van der Waals surface area (Å²) >= 11 is 13.7. The summed E-state index contributed by atoms with van der Waals surface area (Å²) < 4.78 is 13.6. The number of para-hydroxylation sites is 1. The van der Waals surface area contributed by atoms with Crippen molar-refractivity contribution in [2.75, 3.05) is 11.6 Å². The van der Waals surface area contributed by atoms with E-state index in [9.17, 15) is 14.3 Å². The Morgan fingerprint density at radius 1 is 1.30 bits per heavy atom. The molecule has 27 heavy (non-hydrogen) atoms. The minimum atomic E-state index is -3.86. The van der Waals surface area contributed by atoms with Crippen LogP contribution in [0.4, 0.5) is 5.69 Å². The highest BCUT2D eigenvalue weighted by Gasteiger charge is 2.39. The van der Waals surface area contributed by atoms with E-state index >= 15 is 0 Å². The van der Waals surface area contributed by atoms with Crippen LogP contribution >= 0.6 is 41.9 Å². The van der Waals surface area contributed by atoms with Crippen LogP contribution in [0.5, 0.6) is 0 Å². The Labute approximate surface area is 171 Å². The molecule has 0 saturated heterocycles. The second-order valence-electron chi connectivity index (χ2n) is 6.02. The third-order valence-corrected chi connectivity index (χ3v) is 7.10. The Morgan fingerprint density at radius 2 is 2.00 bits per heavy atom. The van der Waals surface area contributed by atoms with Crippen molar-refractivity contribution in [2.24, 2.45) is 0 Å². The highest BCUT2D eigenvalue weighted by molar-refractivity contribution is 7.58. The van der Waals surface area contributed by atoms with Crippen LogP contribution in [0.3, 0.4) is 0 Å². The summed E-state index contributed by atoms with van der Waals surface area (Å²) in [7, 11) is -3.86. The van der Waals surface area contributed by atoms with Crippen molar-refractivity contribution in [1.82, 2.24) is 0 Å². The van der Waals surface area contributed by atoms with E-state index in [4.69, 9.17) is 23.2 Å². The topological polar surface area (TPSA) is 57.6 Å².